The van der Waals surface area contributed by atoms with E-state index in [-0.39, 0.29) is 36.0 Å². The smallest absolute Gasteiger partial charge is 0.410 e. The summed E-state index contributed by atoms with van der Waals surface area (Å²) in [5.41, 5.74) is 0.431. The molecule has 3 atom stereocenters. The van der Waals surface area contributed by atoms with E-state index in [2.05, 4.69) is 20.9 Å². The molecule has 1 aliphatic heterocycles. The van der Waals surface area contributed by atoms with Crippen LogP contribution in [0.15, 0.2) is 47.2 Å². The molecule has 8 heteroatoms. The van der Waals surface area contributed by atoms with Gasteiger partial charge in [-0.25, -0.2) is 14.2 Å². The van der Waals surface area contributed by atoms with Gasteiger partial charge >= 0.3 is 6.09 Å². The molecule has 1 aromatic heterocycles. The predicted molar refractivity (Wildman–Crippen MR) is 130 cm³/mol. The van der Waals surface area contributed by atoms with Crippen molar-refractivity contribution in [2.75, 3.05) is 6.54 Å². The second-order valence-electron chi connectivity index (χ2n) is 9.75. The predicted octanol–water partition coefficient (Wildman–Crippen LogP) is 5.94. The van der Waals surface area contributed by atoms with Crippen molar-refractivity contribution in [2.24, 2.45) is 5.92 Å². The van der Waals surface area contributed by atoms with Gasteiger partial charge in [0, 0.05) is 36.7 Å². The first-order valence-electron chi connectivity index (χ1n) is 11.4. The summed E-state index contributed by atoms with van der Waals surface area (Å²) in [5.74, 6) is -1.67. The van der Waals surface area contributed by atoms with Crippen LogP contribution < -0.4 is 0 Å². The number of rotatable bonds is 6. The lowest BCUT2D eigenvalue weighted by Gasteiger charge is -2.38. The standard InChI is InChI=1S/C26H30BrFN2O4/c1-16-13-19(10-12-30(16)25(33)34-26(2,3)4)22(31)15-21(18-9-11-29-23(27)14-18)24(32)17-5-7-20(28)8-6-17/h5-9,11,14,16,19,21H,10,12-13,15H2,1-4H3. The first-order valence-corrected chi connectivity index (χ1v) is 12.2. The van der Waals surface area contributed by atoms with E-state index in [9.17, 15) is 18.8 Å². The highest BCUT2D eigenvalue weighted by molar-refractivity contribution is 9.10. The van der Waals surface area contributed by atoms with Gasteiger partial charge in [-0.1, -0.05) is 0 Å². The Hall–Kier alpha value is -2.61. The number of aromatic nitrogens is 1. The SMILES string of the molecule is CC1CC(C(=O)CC(C(=O)c2ccc(F)cc2)c2ccnc(Br)c2)CCN1C(=O)OC(C)(C)C. The van der Waals surface area contributed by atoms with Crippen LogP contribution >= 0.6 is 15.9 Å². The van der Waals surface area contributed by atoms with Gasteiger partial charge in [0.1, 0.15) is 21.8 Å². The molecule has 2 aromatic rings. The van der Waals surface area contributed by atoms with E-state index in [1.807, 2.05) is 27.7 Å². The summed E-state index contributed by atoms with van der Waals surface area (Å²) in [6.45, 7) is 7.79. The molecule has 6 nitrogen and oxygen atoms in total. The molecule has 0 saturated carbocycles. The van der Waals surface area contributed by atoms with Gasteiger partial charge in [-0.2, -0.15) is 0 Å². The van der Waals surface area contributed by atoms with E-state index in [0.717, 1.165) is 0 Å². The maximum Gasteiger partial charge on any atom is 0.410 e. The largest absolute Gasteiger partial charge is 0.444 e. The lowest BCUT2D eigenvalue weighted by atomic mass is 9.80. The van der Waals surface area contributed by atoms with Crippen molar-refractivity contribution in [3.63, 3.8) is 0 Å². The summed E-state index contributed by atoms with van der Waals surface area (Å²) < 4.78 is 19.4. The minimum absolute atomic E-state index is 0.0240. The van der Waals surface area contributed by atoms with Gasteiger partial charge in [0.05, 0.1) is 5.92 Å². The zero-order valence-corrected chi connectivity index (χ0v) is 21.5. The van der Waals surface area contributed by atoms with Crippen molar-refractivity contribution in [1.82, 2.24) is 9.88 Å². The zero-order chi connectivity index (χ0) is 25.0. The Morgan fingerprint density at radius 1 is 1.21 bits per heavy atom. The van der Waals surface area contributed by atoms with Crippen LogP contribution in [0, 0.1) is 11.7 Å². The molecular formula is C26H30BrFN2O4. The Bertz CT molecular complexity index is 1050. The molecule has 0 spiro atoms. The lowest BCUT2D eigenvalue weighted by Crippen LogP contribution is -2.48. The van der Waals surface area contributed by atoms with Crippen LogP contribution in [0.3, 0.4) is 0 Å². The van der Waals surface area contributed by atoms with Crippen molar-refractivity contribution < 1.29 is 23.5 Å². The zero-order valence-electron chi connectivity index (χ0n) is 19.9. The third kappa shape index (κ3) is 6.72. The molecule has 3 rings (SSSR count). The Morgan fingerprint density at radius 2 is 1.88 bits per heavy atom. The van der Waals surface area contributed by atoms with Crippen molar-refractivity contribution in [1.29, 1.82) is 0 Å². The van der Waals surface area contributed by atoms with E-state index in [1.165, 1.54) is 24.3 Å². The minimum Gasteiger partial charge on any atom is -0.444 e. The fraction of sp³-hybridized carbons (Fsp3) is 0.462. The summed E-state index contributed by atoms with van der Waals surface area (Å²) in [7, 11) is 0. The highest BCUT2D eigenvalue weighted by atomic mass is 79.9. The first kappa shape index (κ1) is 26.0. The molecule has 0 N–H and O–H groups in total. The van der Waals surface area contributed by atoms with Gasteiger partial charge in [0.15, 0.2) is 5.78 Å². The average Bonchev–Trinajstić information content (AvgIpc) is 2.76. The highest BCUT2D eigenvalue weighted by Gasteiger charge is 2.36. The number of piperidine rings is 1. The van der Waals surface area contributed by atoms with Gasteiger partial charge in [-0.05, 0) is 98.4 Å². The maximum atomic E-state index is 13.4. The van der Waals surface area contributed by atoms with Crippen LogP contribution in [0.25, 0.3) is 0 Å². The fourth-order valence-corrected chi connectivity index (χ4v) is 4.62. The molecule has 2 heterocycles. The van der Waals surface area contributed by atoms with Gasteiger partial charge in [0.25, 0.3) is 0 Å². The summed E-state index contributed by atoms with van der Waals surface area (Å²) >= 11 is 3.33. The Balaban J connectivity index is 1.75. The van der Waals surface area contributed by atoms with Crippen LogP contribution in [-0.2, 0) is 9.53 Å². The van der Waals surface area contributed by atoms with Crippen LogP contribution in [0.4, 0.5) is 9.18 Å². The van der Waals surface area contributed by atoms with Crippen LogP contribution in [-0.4, -0.2) is 45.7 Å². The number of hydrogen-bond acceptors (Lipinski definition) is 5. The van der Waals surface area contributed by atoms with E-state index < -0.39 is 17.3 Å². The van der Waals surface area contributed by atoms with Gasteiger partial charge in [-0.15, -0.1) is 0 Å². The molecular weight excluding hydrogens is 503 g/mol. The van der Waals surface area contributed by atoms with Crippen molar-refractivity contribution in [3.05, 3.63) is 64.1 Å². The van der Waals surface area contributed by atoms with E-state index in [4.69, 9.17) is 4.74 Å². The molecule has 1 amide bonds. The summed E-state index contributed by atoms with van der Waals surface area (Å²) in [6, 6.07) is 8.65. The molecule has 0 aliphatic carbocycles. The number of hydrogen-bond donors (Lipinski definition) is 0. The Labute approximate surface area is 208 Å². The Morgan fingerprint density at radius 3 is 2.47 bits per heavy atom. The van der Waals surface area contributed by atoms with E-state index in [0.29, 0.717) is 35.1 Å². The van der Waals surface area contributed by atoms with Crippen LogP contribution in [0.1, 0.15) is 68.8 Å². The number of pyridine rings is 1. The molecule has 1 aromatic carbocycles. The normalized spacial score (nSPS) is 19.4. The van der Waals surface area contributed by atoms with E-state index >= 15 is 0 Å². The molecule has 1 aliphatic rings. The van der Waals surface area contributed by atoms with Crippen molar-refractivity contribution in [3.8, 4) is 0 Å². The second-order valence-corrected chi connectivity index (χ2v) is 10.6. The summed E-state index contributed by atoms with van der Waals surface area (Å²) in [5, 5.41) is 0. The number of halogens is 2. The van der Waals surface area contributed by atoms with E-state index in [1.54, 1.807) is 23.2 Å². The number of nitrogens with zero attached hydrogens (tertiary/aromatic N) is 2. The van der Waals surface area contributed by atoms with Crippen molar-refractivity contribution in [2.45, 2.75) is 64.5 Å². The first-order chi connectivity index (χ1) is 15.9. The number of ketones is 2. The maximum absolute atomic E-state index is 13.4. The summed E-state index contributed by atoms with van der Waals surface area (Å²) in [4.78, 5) is 45.0. The number of Topliss-reactive ketones (excluding diaryl/α,β-unsaturated/α-hetero) is 2. The van der Waals surface area contributed by atoms with Gasteiger partial charge in [0.2, 0.25) is 0 Å². The third-order valence-corrected chi connectivity index (χ3v) is 6.40. The third-order valence-electron chi connectivity index (χ3n) is 5.96. The number of likely N-dealkylation sites (tertiary alicyclic amines) is 1. The molecule has 0 bridgehead atoms. The number of ether oxygens (including phenoxy) is 1. The quantitative estimate of drug-likeness (QED) is 0.339. The lowest BCUT2D eigenvalue weighted by molar-refractivity contribution is -0.125. The topological polar surface area (TPSA) is 76.6 Å². The fourth-order valence-electron chi connectivity index (χ4n) is 4.24. The summed E-state index contributed by atoms with van der Waals surface area (Å²) in [6.07, 6.45) is 2.25. The highest BCUT2D eigenvalue weighted by Crippen LogP contribution is 2.32. The van der Waals surface area contributed by atoms with Crippen molar-refractivity contribution >= 4 is 33.6 Å². The molecule has 0 radical (unpaired) electrons. The number of benzene rings is 1. The molecule has 1 saturated heterocycles. The number of carbonyl (C=O) groups is 3. The minimum atomic E-state index is -0.712. The average molecular weight is 533 g/mol. The van der Waals surface area contributed by atoms with Crippen LogP contribution in [0.2, 0.25) is 0 Å². The number of amides is 1. The van der Waals surface area contributed by atoms with Gasteiger partial charge in [-0.3, -0.25) is 9.59 Å². The monoisotopic (exact) mass is 532 g/mol. The van der Waals surface area contributed by atoms with Crippen LogP contribution in [0.5, 0.6) is 0 Å². The van der Waals surface area contributed by atoms with Gasteiger partial charge < -0.3 is 9.64 Å². The molecule has 3 unspecified atom stereocenters. The molecule has 34 heavy (non-hydrogen) atoms. The molecule has 1 fully saturated rings. The molecule has 182 valence electrons. The second kappa shape index (κ2) is 10.8. The number of carbonyl (C=O) groups excluding carboxylic acids is 3. The Kier molecular flexibility index (Phi) is 8.23.